The number of nitrogens with one attached hydrogen (secondary N) is 2. The smallest absolute Gasteiger partial charge is 0.413 e. The number of hydrogen-bond acceptors (Lipinski definition) is 14. The number of nitrogen functional groups attached to an aromatic ring is 2. The Morgan fingerprint density at radius 2 is 1.46 bits per heavy atom. The molecule has 0 fully saturated rings. The van der Waals surface area contributed by atoms with Crippen molar-refractivity contribution >= 4 is 51.4 Å². The molecule has 0 radical (unpaired) electrons. The lowest BCUT2D eigenvalue weighted by Crippen LogP contribution is -2.50. The van der Waals surface area contributed by atoms with E-state index >= 15 is 0 Å². The zero-order valence-electron chi connectivity index (χ0n) is 35.8. The predicted octanol–water partition coefficient (Wildman–Crippen LogP) is 5.94. The van der Waals surface area contributed by atoms with E-state index in [1.807, 2.05) is 0 Å². The largest absolute Gasteiger partial charge is 0.468 e. The van der Waals surface area contributed by atoms with Crippen molar-refractivity contribution in [2.75, 3.05) is 18.2 Å². The summed E-state index contributed by atoms with van der Waals surface area (Å²) in [5, 5.41) is 26.7. The lowest BCUT2D eigenvalue weighted by Gasteiger charge is -2.26. The third kappa shape index (κ3) is 9.22. The number of nitrogens with two attached hydrogens (primary N) is 2. The van der Waals surface area contributed by atoms with Crippen LogP contribution in [0.2, 0.25) is 0 Å². The molecule has 8 rings (SSSR count). The number of anilines is 2. The number of esters is 1. The van der Waals surface area contributed by atoms with E-state index in [0.29, 0.717) is 24.9 Å². The van der Waals surface area contributed by atoms with Crippen LogP contribution in [0.15, 0.2) is 61.2 Å². The number of pyridine rings is 4. The van der Waals surface area contributed by atoms with Crippen LogP contribution in [-0.2, 0) is 32.8 Å². The lowest BCUT2D eigenvalue weighted by molar-refractivity contribution is -0.228. The topological polar surface area (TPSA) is 272 Å². The minimum atomic E-state index is -5.01. The van der Waals surface area contributed by atoms with Gasteiger partial charge in [-0.1, -0.05) is 0 Å². The standard InChI is InChI=1S/C20H13F5N8O.C13H10F2N6.C8H7F3N2O2/c1-19(20(23,24)25)12-14(26)29-16(30-15(12)31-18(19)34)13-9-5-8(21)6-28-17(9)33(32-13)7-11-10(22)3-2-4-27-11;14-7-4-8-11(12(16)17)20-21(13(8)19-5-7)6-10-9(15)2-1-3-18-10;1-7(6(14)15-3,8(9,10)11)5(4-12)13-2/h2-6H,7H2,1H3,(H3,26,29,30,31,34);1-5H,6H2,(H3,16,17);5H,1,3H3. The summed E-state index contributed by atoms with van der Waals surface area (Å²) in [7, 11) is 0.769. The maximum absolute atomic E-state index is 14.1. The van der Waals surface area contributed by atoms with Gasteiger partial charge in [0, 0.05) is 12.4 Å². The minimum absolute atomic E-state index is 0.00901. The molecule has 0 spiro atoms. The van der Waals surface area contributed by atoms with Crippen molar-refractivity contribution in [3.8, 4) is 17.6 Å². The van der Waals surface area contributed by atoms with E-state index in [2.05, 4.69) is 55.0 Å². The quantitative estimate of drug-likeness (QED) is 0.0451. The van der Waals surface area contributed by atoms with Crippen molar-refractivity contribution in [2.45, 2.75) is 50.7 Å². The molecule has 1 amide bonds. The molecule has 19 nitrogen and oxygen atoms in total. The van der Waals surface area contributed by atoms with E-state index in [0.717, 1.165) is 31.6 Å². The SMILES string of the molecule is CC1(C(F)(F)F)C(=O)Nc2nc(-c3nn(Cc4ncccc4F)c4ncc(F)cc34)nc(N)c21.N=C(N)c1nn(Cc2ncccc2F)c2ncc(F)cc12.[C-]#[N+]C(C#N)C(C)(C(=O)OC)C(F)(F)F. The zero-order chi connectivity index (χ0) is 51.7. The average molecular weight is 985 g/mol. The number of nitriles is 1. The molecule has 0 saturated heterocycles. The zero-order valence-corrected chi connectivity index (χ0v) is 35.8. The number of alkyl halides is 6. The number of aromatic nitrogens is 10. The fraction of sp³-hybridized carbons (Fsp3) is 0.244. The number of hydrogen-bond donors (Lipinski definition) is 4. The van der Waals surface area contributed by atoms with Crippen molar-refractivity contribution in [2.24, 2.45) is 11.1 Å². The number of ether oxygens (including phenoxy) is 1. The average Bonchev–Trinajstić information content (AvgIpc) is 3.93. The molecule has 6 N–H and O–H groups in total. The fourth-order valence-electron chi connectivity index (χ4n) is 6.67. The summed E-state index contributed by atoms with van der Waals surface area (Å²) in [5.41, 5.74) is 5.25. The van der Waals surface area contributed by atoms with Gasteiger partial charge in [-0.15, -0.1) is 0 Å². The summed E-state index contributed by atoms with van der Waals surface area (Å²) < 4.78 is 140. The third-order valence-corrected chi connectivity index (χ3v) is 10.5. The van der Waals surface area contributed by atoms with Crippen LogP contribution < -0.4 is 16.8 Å². The highest BCUT2D eigenvalue weighted by Gasteiger charge is 2.67. The molecule has 7 aromatic rings. The summed E-state index contributed by atoms with van der Waals surface area (Å²) in [5.74, 6) is -7.00. The Morgan fingerprint density at radius 3 is 1.93 bits per heavy atom. The van der Waals surface area contributed by atoms with Gasteiger partial charge in [-0.25, -0.2) is 53.4 Å². The van der Waals surface area contributed by atoms with Gasteiger partial charge >= 0.3 is 24.4 Å². The van der Waals surface area contributed by atoms with E-state index in [-0.39, 0.29) is 58.6 Å². The highest BCUT2D eigenvalue weighted by atomic mass is 19.4. The van der Waals surface area contributed by atoms with Gasteiger partial charge < -0.3 is 21.5 Å². The van der Waals surface area contributed by atoms with Crippen LogP contribution in [0.1, 0.15) is 36.5 Å². The molecule has 8 heterocycles. The first-order chi connectivity index (χ1) is 32.8. The van der Waals surface area contributed by atoms with Crippen molar-refractivity contribution in [3.05, 3.63) is 119 Å². The first-order valence-electron chi connectivity index (χ1n) is 19.4. The van der Waals surface area contributed by atoms with E-state index in [9.17, 15) is 53.5 Å². The van der Waals surface area contributed by atoms with Crippen LogP contribution in [0, 0.1) is 52.0 Å². The molecule has 3 unspecified atom stereocenters. The van der Waals surface area contributed by atoms with E-state index < -0.39 is 81.6 Å². The highest BCUT2D eigenvalue weighted by molar-refractivity contribution is 6.07. The van der Waals surface area contributed by atoms with Crippen molar-refractivity contribution in [1.29, 1.82) is 10.7 Å². The molecule has 0 saturated carbocycles. The Kier molecular flexibility index (Phi) is 13.7. The van der Waals surface area contributed by atoms with Crippen LogP contribution in [0.3, 0.4) is 0 Å². The van der Waals surface area contributed by atoms with Gasteiger partial charge in [0.1, 0.15) is 52.1 Å². The number of carbonyl (C=O) groups is 2. The molecule has 7 aromatic heterocycles. The molecule has 29 heteroatoms. The second kappa shape index (κ2) is 19.0. The second-order valence-electron chi connectivity index (χ2n) is 14.9. The number of fused-ring (bicyclic) bond motifs is 3. The molecule has 0 aliphatic carbocycles. The maximum Gasteiger partial charge on any atom is 0.413 e. The molecule has 3 atom stereocenters. The summed E-state index contributed by atoms with van der Waals surface area (Å²) in [6.45, 7) is 7.43. The monoisotopic (exact) mass is 984 g/mol. The van der Waals surface area contributed by atoms with Gasteiger partial charge in [0.2, 0.25) is 11.3 Å². The van der Waals surface area contributed by atoms with E-state index in [1.165, 1.54) is 52.1 Å². The van der Waals surface area contributed by atoms with Gasteiger partial charge in [0.25, 0.3) is 0 Å². The number of amides is 1. The second-order valence-corrected chi connectivity index (χ2v) is 14.9. The number of rotatable bonds is 8. The van der Waals surface area contributed by atoms with Crippen LogP contribution in [0.5, 0.6) is 0 Å². The summed E-state index contributed by atoms with van der Waals surface area (Å²) in [6.07, 6.45) is -5.18. The van der Waals surface area contributed by atoms with Gasteiger partial charge in [-0.3, -0.25) is 29.8 Å². The van der Waals surface area contributed by atoms with Crippen molar-refractivity contribution in [1.82, 2.24) is 49.5 Å². The molecule has 1 aliphatic heterocycles. The molecule has 1 aliphatic rings. The predicted molar refractivity (Wildman–Crippen MR) is 222 cm³/mol. The molecule has 362 valence electrons. The first-order valence-corrected chi connectivity index (χ1v) is 19.4. The van der Waals surface area contributed by atoms with Crippen molar-refractivity contribution < 1.29 is 58.2 Å². The van der Waals surface area contributed by atoms with Crippen LogP contribution in [-0.4, -0.2) is 92.7 Å². The maximum atomic E-state index is 14.1. The minimum Gasteiger partial charge on any atom is -0.468 e. The summed E-state index contributed by atoms with van der Waals surface area (Å²) in [4.78, 5) is 49.5. The number of amidine groups is 1. The van der Waals surface area contributed by atoms with Crippen LogP contribution in [0.4, 0.5) is 55.5 Å². The fourth-order valence-corrected chi connectivity index (χ4v) is 6.67. The lowest BCUT2D eigenvalue weighted by atomic mass is 9.82. The summed E-state index contributed by atoms with van der Waals surface area (Å²) in [6, 6.07) is 6.63. The van der Waals surface area contributed by atoms with Gasteiger partial charge in [0.05, 0.1) is 60.3 Å². The Bertz CT molecular complexity index is 3280. The molecule has 70 heavy (non-hydrogen) atoms. The number of methoxy groups -OCH3 is 1. The Labute approximate surface area is 385 Å². The summed E-state index contributed by atoms with van der Waals surface area (Å²) >= 11 is 0. The number of carbonyl (C=O) groups excluding carboxylic acids is 2. The van der Waals surface area contributed by atoms with Crippen molar-refractivity contribution in [3.63, 3.8) is 0 Å². The molecular formula is C41H30F10N16O3. The van der Waals surface area contributed by atoms with Crippen LogP contribution >= 0.6 is 0 Å². The molecular weight excluding hydrogens is 955 g/mol. The molecule has 0 aromatic carbocycles. The number of halogens is 10. The molecule has 0 bridgehead atoms. The third-order valence-electron chi connectivity index (χ3n) is 10.5. The van der Waals surface area contributed by atoms with E-state index in [4.69, 9.17) is 28.7 Å². The van der Waals surface area contributed by atoms with Gasteiger partial charge in [0.15, 0.2) is 28.6 Å². The number of nitrogens with zero attached hydrogens (tertiary/aromatic N) is 12. The Morgan fingerprint density at radius 1 is 0.929 bits per heavy atom. The van der Waals surface area contributed by atoms with Gasteiger partial charge in [-0.2, -0.15) is 41.8 Å². The normalized spacial score (nSPS) is 15.5. The first kappa shape index (κ1) is 50.5. The van der Waals surface area contributed by atoms with Gasteiger partial charge in [-0.05, 0) is 50.2 Å². The van der Waals surface area contributed by atoms with Crippen LogP contribution in [0.25, 0.3) is 38.4 Å². The van der Waals surface area contributed by atoms with E-state index in [1.54, 1.807) is 0 Å². The Hall–Kier alpha value is -8.89. The highest BCUT2D eigenvalue weighted by Crippen LogP contribution is 2.50. The Balaban J connectivity index is 0.000000191.